The average molecular weight is 297 g/mol. The van der Waals surface area contributed by atoms with Crippen LogP contribution in [-0.4, -0.2) is 39.5 Å². The van der Waals surface area contributed by atoms with Gasteiger partial charge in [0.25, 0.3) is 0 Å². The Balaban J connectivity index is 1.91. The number of para-hydroxylation sites is 1. The number of hydrogen-bond acceptors (Lipinski definition) is 4. The highest BCUT2D eigenvalue weighted by molar-refractivity contribution is 6.02. The SMILES string of the molecule is Cc1nn(-c2ccccc2)c(C)c1/C=N/N1CC(=O)NC1=O. The Hall–Kier alpha value is -2.96. The molecule has 1 aromatic carbocycles. The highest BCUT2D eigenvalue weighted by Crippen LogP contribution is 2.16. The molecule has 2 aromatic rings. The number of urea groups is 1. The van der Waals surface area contributed by atoms with Gasteiger partial charge in [-0.05, 0) is 26.0 Å². The van der Waals surface area contributed by atoms with Crippen LogP contribution in [0.5, 0.6) is 0 Å². The van der Waals surface area contributed by atoms with Crippen LogP contribution in [0.1, 0.15) is 17.0 Å². The molecule has 0 spiro atoms. The molecule has 0 atom stereocenters. The molecular formula is C15H15N5O2. The molecule has 1 aromatic heterocycles. The maximum absolute atomic E-state index is 11.5. The van der Waals surface area contributed by atoms with E-state index in [-0.39, 0.29) is 12.5 Å². The number of amides is 3. The van der Waals surface area contributed by atoms with Gasteiger partial charge in [-0.25, -0.2) is 14.5 Å². The smallest absolute Gasteiger partial charge is 0.275 e. The molecule has 112 valence electrons. The van der Waals surface area contributed by atoms with Crippen molar-refractivity contribution < 1.29 is 9.59 Å². The fourth-order valence-corrected chi connectivity index (χ4v) is 2.31. The summed E-state index contributed by atoms with van der Waals surface area (Å²) >= 11 is 0. The molecular weight excluding hydrogens is 282 g/mol. The Kier molecular flexibility index (Phi) is 3.46. The van der Waals surface area contributed by atoms with Crippen molar-refractivity contribution in [2.45, 2.75) is 13.8 Å². The van der Waals surface area contributed by atoms with E-state index >= 15 is 0 Å². The van der Waals surface area contributed by atoms with Crippen molar-refractivity contribution in [3.8, 4) is 5.69 Å². The number of benzene rings is 1. The van der Waals surface area contributed by atoms with Gasteiger partial charge in [-0.15, -0.1) is 0 Å². The molecule has 1 aliphatic rings. The first-order valence-electron chi connectivity index (χ1n) is 6.83. The van der Waals surface area contributed by atoms with E-state index in [9.17, 15) is 9.59 Å². The first kappa shape index (κ1) is 14.0. The molecule has 3 rings (SSSR count). The van der Waals surface area contributed by atoms with Crippen molar-refractivity contribution >= 4 is 18.2 Å². The minimum absolute atomic E-state index is 0.0553. The van der Waals surface area contributed by atoms with E-state index in [0.717, 1.165) is 27.6 Å². The fourth-order valence-electron chi connectivity index (χ4n) is 2.31. The molecule has 1 saturated heterocycles. The number of aromatic nitrogens is 2. The van der Waals surface area contributed by atoms with E-state index in [2.05, 4.69) is 15.5 Å². The van der Waals surface area contributed by atoms with E-state index in [1.807, 2.05) is 48.9 Å². The lowest BCUT2D eigenvalue weighted by atomic mass is 10.2. The Bertz CT molecular complexity index is 764. The number of nitrogens with zero attached hydrogens (tertiary/aromatic N) is 4. The zero-order chi connectivity index (χ0) is 15.7. The zero-order valence-corrected chi connectivity index (χ0v) is 12.3. The van der Waals surface area contributed by atoms with Crippen molar-refractivity contribution in [3.63, 3.8) is 0 Å². The van der Waals surface area contributed by atoms with Gasteiger partial charge in [0, 0.05) is 5.56 Å². The second kappa shape index (κ2) is 5.44. The number of aryl methyl sites for hydroxylation is 1. The predicted molar refractivity (Wildman–Crippen MR) is 80.9 cm³/mol. The summed E-state index contributed by atoms with van der Waals surface area (Å²) < 4.78 is 1.83. The summed E-state index contributed by atoms with van der Waals surface area (Å²) in [5.74, 6) is -0.351. The van der Waals surface area contributed by atoms with Crippen LogP contribution in [0.25, 0.3) is 5.69 Å². The maximum Gasteiger partial charge on any atom is 0.344 e. The molecule has 0 radical (unpaired) electrons. The summed E-state index contributed by atoms with van der Waals surface area (Å²) in [6.07, 6.45) is 1.56. The van der Waals surface area contributed by atoms with E-state index in [1.54, 1.807) is 6.21 Å². The molecule has 1 fully saturated rings. The van der Waals surface area contributed by atoms with Gasteiger partial charge in [0.2, 0.25) is 5.91 Å². The van der Waals surface area contributed by atoms with Gasteiger partial charge in [0.1, 0.15) is 6.54 Å². The summed E-state index contributed by atoms with van der Waals surface area (Å²) in [5, 5.41) is 11.8. The van der Waals surface area contributed by atoms with Gasteiger partial charge in [0.05, 0.1) is 23.3 Å². The minimum Gasteiger partial charge on any atom is -0.275 e. The quantitative estimate of drug-likeness (QED) is 0.686. The van der Waals surface area contributed by atoms with Crippen LogP contribution in [0.15, 0.2) is 35.4 Å². The molecule has 0 bridgehead atoms. The second-order valence-electron chi connectivity index (χ2n) is 4.99. The second-order valence-corrected chi connectivity index (χ2v) is 4.99. The summed E-state index contributed by atoms with van der Waals surface area (Å²) in [6, 6.07) is 9.26. The molecule has 7 nitrogen and oxygen atoms in total. The Morgan fingerprint density at radius 3 is 2.59 bits per heavy atom. The van der Waals surface area contributed by atoms with Crippen LogP contribution in [0.2, 0.25) is 0 Å². The number of imide groups is 1. The van der Waals surface area contributed by atoms with E-state index in [0.29, 0.717) is 0 Å². The summed E-state index contributed by atoms with van der Waals surface area (Å²) in [4.78, 5) is 22.6. The minimum atomic E-state index is -0.507. The van der Waals surface area contributed by atoms with E-state index < -0.39 is 6.03 Å². The van der Waals surface area contributed by atoms with E-state index in [4.69, 9.17) is 0 Å². The number of nitrogens with one attached hydrogen (secondary N) is 1. The predicted octanol–water partition coefficient (Wildman–Crippen LogP) is 1.37. The van der Waals surface area contributed by atoms with Crippen LogP contribution >= 0.6 is 0 Å². The number of carbonyl (C=O) groups is 2. The lowest BCUT2D eigenvalue weighted by molar-refractivity contribution is -0.118. The molecule has 22 heavy (non-hydrogen) atoms. The Labute approximate surface area is 127 Å². The van der Waals surface area contributed by atoms with Crippen molar-refractivity contribution in [2.24, 2.45) is 5.10 Å². The van der Waals surface area contributed by atoms with Crippen LogP contribution in [-0.2, 0) is 4.79 Å². The Morgan fingerprint density at radius 2 is 1.95 bits per heavy atom. The first-order chi connectivity index (χ1) is 10.6. The third-order valence-corrected chi connectivity index (χ3v) is 3.45. The molecule has 0 saturated carbocycles. The number of hydrazone groups is 1. The first-order valence-corrected chi connectivity index (χ1v) is 6.83. The zero-order valence-electron chi connectivity index (χ0n) is 12.3. The molecule has 2 heterocycles. The van der Waals surface area contributed by atoms with Gasteiger partial charge < -0.3 is 0 Å². The van der Waals surface area contributed by atoms with Gasteiger partial charge >= 0.3 is 6.03 Å². The molecule has 0 unspecified atom stereocenters. The molecule has 0 aliphatic carbocycles. The molecule has 1 aliphatic heterocycles. The topological polar surface area (TPSA) is 79.6 Å². The molecule has 7 heteroatoms. The van der Waals surface area contributed by atoms with Crippen molar-refractivity contribution in [1.29, 1.82) is 0 Å². The van der Waals surface area contributed by atoms with Crippen LogP contribution in [0.4, 0.5) is 4.79 Å². The highest BCUT2D eigenvalue weighted by atomic mass is 16.2. The normalized spacial score (nSPS) is 14.9. The van der Waals surface area contributed by atoms with Crippen LogP contribution < -0.4 is 5.32 Å². The third kappa shape index (κ3) is 2.48. The van der Waals surface area contributed by atoms with Gasteiger partial charge in [-0.2, -0.15) is 10.2 Å². The lowest BCUT2D eigenvalue weighted by Gasteiger charge is -2.05. The monoisotopic (exact) mass is 297 g/mol. The number of hydrogen-bond donors (Lipinski definition) is 1. The van der Waals surface area contributed by atoms with Crippen LogP contribution in [0, 0.1) is 13.8 Å². The summed E-state index contributed by atoms with van der Waals surface area (Å²) in [5.41, 5.74) is 3.50. The molecule has 3 amide bonds. The number of carbonyl (C=O) groups excluding carboxylic acids is 2. The van der Waals surface area contributed by atoms with Crippen molar-refractivity contribution in [1.82, 2.24) is 20.1 Å². The fraction of sp³-hybridized carbons (Fsp3) is 0.200. The van der Waals surface area contributed by atoms with Gasteiger partial charge in [0.15, 0.2) is 0 Å². The summed E-state index contributed by atoms with van der Waals surface area (Å²) in [6.45, 7) is 3.76. The number of rotatable bonds is 3. The summed E-state index contributed by atoms with van der Waals surface area (Å²) in [7, 11) is 0. The Morgan fingerprint density at radius 1 is 1.23 bits per heavy atom. The van der Waals surface area contributed by atoms with E-state index in [1.165, 1.54) is 0 Å². The average Bonchev–Trinajstić information content (AvgIpc) is 2.97. The van der Waals surface area contributed by atoms with Gasteiger partial charge in [-0.3, -0.25) is 10.1 Å². The van der Waals surface area contributed by atoms with Crippen LogP contribution in [0.3, 0.4) is 0 Å². The van der Waals surface area contributed by atoms with Crippen molar-refractivity contribution in [3.05, 3.63) is 47.3 Å². The molecule has 1 N–H and O–H groups in total. The highest BCUT2D eigenvalue weighted by Gasteiger charge is 2.26. The lowest BCUT2D eigenvalue weighted by Crippen LogP contribution is -2.24. The van der Waals surface area contributed by atoms with Crippen molar-refractivity contribution in [2.75, 3.05) is 6.54 Å². The largest absolute Gasteiger partial charge is 0.344 e. The van der Waals surface area contributed by atoms with Gasteiger partial charge in [-0.1, -0.05) is 18.2 Å². The maximum atomic E-state index is 11.5. The standard InChI is InChI=1S/C15H15N5O2/c1-10-13(8-16-19-9-14(21)17-15(19)22)11(2)20(18-10)12-6-4-3-5-7-12/h3-8H,9H2,1-2H3,(H,17,21,22)/b16-8+. The third-order valence-electron chi connectivity index (χ3n) is 3.45.